The maximum atomic E-state index is 13.9. The quantitative estimate of drug-likeness (QED) is 0.414. The topological polar surface area (TPSA) is 60.9 Å². The van der Waals surface area contributed by atoms with Crippen molar-refractivity contribution in [2.75, 3.05) is 33.2 Å². The van der Waals surface area contributed by atoms with Crippen LogP contribution in [0.2, 0.25) is 10.0 Å². The summed E-state index contributed by atoms with van der Waals surface area (Å²) in [6.07, 6.45) is 3.18. The predicted molar refractivity (Wildman–Crippen MR) is 158 cm³/mol. The van der Waals surface area contributed by atoms with Crippen molar-refractivity contribution in [3.05, 3.63) is 69.5 Å². The van der Waals surface area contributed by atoms with Gasteiger partial charge in [0.25, 0.3) is 0 Å². The number of piperidine rings is 1. The molecule has 5 rings (SSSR count). The number of likely N-dealkylation sites (tertiary alicyclic amines) is 2. The van der Waals surface area contributed by atoms with Crippen molar-refractivity contribution in [3.8, 4) is 0 Å². The SMILES string of the molecule is CN(C(=O)C(C)(C)c1ccc(F)cc1)[C@H]1CN(C(=O)C2CCN(C(=O)C3(C)CC3)CC2)C[C@@H]1c1ccc(Cl)c(Cl)c1. The minimum absolute atomic E-state index is 0.0703. The largest absolute Gasteiger partial charge is 0.342 e. The summed E-state index contributed by atoms with van der Waals surface area (Å²) in [5, 5.41) is 0.871. The molecule has 2 aromatic rings. The molecule has 0 spiro atoms. The van der Waals surface area contributed by atoms with Gasteiger partial charge in [-0.05, 0) is 74.9 Å². The molecule has 0 unspecified atom stereocenters. The molecule has 6 nitrogen and oxygen atoms in total. The number of carbonyl (C=O) groups is 3. The van der Waals surface area contributed by atoms with Crippen LogP contribution in [0.25, 0.3) is 0 Å². The Morgan fingerprint density at radius 2 is 1.59 bits per heavy atom. The Bertz CT molecular complexity index is 1340. The van der Waals surface area contributed by atoms with Crippen LogP contribution in [-0.4, -0.2) is 71.7 Å². The standard InChI is InChI=1S/C32H38Cl2FN3O3/c1-31(2,22-6-8-23(35)9-7-22)29(40)36(4)27-19-38(18-24(27)21-5-10-25(33)26(34)17-21)28(39)20-11-15-37(16-12-20)30(41)32(3)13-14-32/h5-10,17,20,24,27H,11-16,18-19H2,1-4H3/t24-,27+/m1/s1. The minimum atomic E-state index is -0.903. The second-order valence-corrected chi connectivity index (χ2v) is 13.6. The molecular weight excluding hydrogens is 564 g/mol. The molecule has 0 N–H and O–H groups in total. The van der Waals surface area contributed by atoms with Gasteiger partial charge in [0.1, 0.15) is 5.82 Å². The molecule has 2 atom stereocenters. The van der Waals surface area contributed by atoms with E-state index < -0.39 is 5.41 Å². The van der Waals surface area contributed by atoms with Crippen molar-refractivity contribution in [3.63, 3.8) is 0 Å². The van der Waals surface area contributed by atoms with Crippen LogP contribution in [0.4, 0.5) is 4.39 Å². The zero-order valence-corrected chi connectivity index (χ0v) is 25.6. The van der Waals surface area contributed by atoms with E-state index in [-0.39, 0.29) is 46.8 Å². The zero-order valence-electron chi connectivity index (χ0n) is 24.1. The third-order valence-electron chi connectivity index (χ3n) is 9.54. The highest BCUT2D eigenvalue weighted by Crippen LogP contribution is 2.47. The summed E-state index contributed by atoms with van der Waals surface area (Å²) < 4.78 is 13.6. The number of benzene rings is 2. The first-order valence-corrected chi connectivity index (χ1v) is 15.1. The van der Waals surface area contributed by atoms with Crippen molar-refractivity contribution in [1.82, 2.24) is 14.7 Å². The van der Waals surface area contributed by atoms with Crippen LogP contribution < -0.4 is 0 Å². The van der Waals surface area contributed by atoms with E-state index in [2.05, 4.69) is 0 Å². The molecule has 3 aliphatic rings. The number of carbonyl (C=O) groups excluding carboxylic acids is 3. The summed E-state index contributed by atoms with van der Waals surface area (Å²) in [4.78, 5) is 46.1. The van der Waals surface area contributed by atoms with Gasteiger partial charge in [-0.1, -0.05) is 48.3 Å². The highest BCUT2D eigenvalue weighted by Gasteiger charge is 2.49. The second kappa shape index (κ2) is 11.2. The van der Waals surface area contributed by atoms with Crippen LogP contribution in [0.3, 0.4) is 0 Å². The molecule has 2 heterocycles. The van der Waals surface area contributed by atoms with Gasteiger partial charge >= 0.3 is 0 Å². The molecule has 2 aromatic carbocycles. The molecule has 1 aliphatic carbocycles. The molecule has 3 fully saturated rings. The van der Waals surface area contributed by atoms with E-state index in [0.717, 1.165) is 18.4 Å². The number of hydrogen-bond acceptors (Lipinski definition) is 3. The fourth-order valence-corrected chi connectivity index (χ4v) is 6.69. The fraction of sp³-hybridized carbons (Fsp3) is 0.531. The average Bonchev–Trinajstić information content (AvgIpc) is 3.56. The number of halogens is 3. The Kier molecular flexibility index (Phi) is 8.16. The van der Waals surface area contributed by atoms with E-state index in [4.69, 9.17) is 23.2 Å². The Hall–Kier alpha value is -2.64. The van der Waals surface area contributed by atoms with Crippen LogP contribution in [0, 0.1) is 17.2 Å². The van der Waals surface area contributed by atoms with E-state index in [1.165, 1.54) is 12.1 Å². The lowest BCUT2D eigenvalue weighted by Crippen LogP contribution is -2.49. The first-order chi connectivity index (χ1) is 19.3. The van der Waals surface area contributed by atoms with E-state index in [1.807, 2.05) is 42.7 Å². The van der Waals surface area contributed by atoms with Crippen LogP contribution in [-0.2, 0) is 19.8 Å². The van der Waals surface area contributed by atoms with Crippen molar-refractivity contribution >= 4 is 40.9 Å². The summed E-state index contributed by atoms with van der Waals surface area (Å²) in [5.41, 5.74) is 0.524. The van der Waals surface area contributed by atoms with Gasteiger partial charge in [0.15, 0.2) is 0 Å². The molecular formula is C32H38Cl2FN3O3. The molecule has 0 aromatic heterocycles. The van der Waals surface area contributed by atoms with Crippen molar-refractivity contribution in [2.24, 2.45) is 11.3 Å². The molecule has 220 valence electrons. The van der Waals surface area contributed by atoms with E-state index >= 15 is 0 Å². The van der Waals surface area contributed by atoms with Crippen LogP contribution >= 0.6 is 23.2 Å². The molecule has 1 saturated carbocycles. The van der Waals surface area contributed by atoms with Gasteiger partial charge in [0, 0.05) is 50.5 Å². The van der Waals surface area contributed by atoms with Gasteiger partial charge in [-0.3, -0.25) is 14.4 Å². The van der Waals surface area contributed by atoms with E-state index in [0.29, 0.717) is 54.6 Å². The van der Waals surface area contributed by atoms with Crippen LogP contribution in [0.1, 0.15) is 63.5 Å². The molecule has 3 amide bonds. The summed E-state index contributed by atoms with van der Waals surface area (Å²) in [7, 11) is 1.78. The first kappa shape index (κ1) is 29.8. The number of likely N-dealkylation sites (N-methyl/N-ethyl adjacent to an activating group) is 1. The second-order valence-electron chi connectivity index (χ2n) is 12.8. The Balaban J connectivity index is 1.35. The molecule has 0 bridgehead atoms. The fourth-order valence-electron chi connectivity index (χ4n) is 6.38. The van der Waals surface area contributed by atoms with Crippen molar-refractivity contribution < 1.29 is 18.8 Å². The van der Waals surface area contributed by atoms with E-state index in [9.17, 15) is 18.8 Å². The number of hydrogen-bond donors (Lipinski definition) is 0. The smallest absolute Gasteiger partial charge is 0.232 e. The molecule has 0 radical (unpaired) electrons. The summed E-state index contributed by atoms with van der Waals surface area (Å²) in [6, 6.07) is 11.2. The molecule has 41 heavy (non-hydrogen) atoms. The van der Waals surface area contributed by atoms with Crippen molar-refractivity contribution in [1.29, 1.82) is 0 Å². The third-order valence-corrected chi connectivity index (χ3v) is 10.3. The van der Waals surface area contributed by atoms with Gasteiger partial charge < -0.3 is 14.7 Å². The summed E-state index contributed by atoms with van der Waals surface area (Å²) in [5.74, 6) is -0.506. The zero-order chi connectivity index (χ0) is 29.7. The van der Waals surface area contributed by atoms with Gasteiger partial charge in [-0.25, -0.2) is 4.39 Å². The number of rotatable bonds is 6. The Morgan fingerprint density at radius 3 is 2.17 bits per heavy atom. The highest BCUT2D eigenvalue weighted by molar-refractivity contribution is 6.42. The first-order valence-electron chi connectivity index (χ1n) is 14.4. The lowest BCUT2D eigenvalue weighted by Gasteiger charge is -2.36. The number of nitrogens with zero attached hydrogens (tertiary/aromatic N) is 3. The maximum absolute atomic E-state index is 13.9. The van der Waals surface area contributed by atoms with Gasteiger partial charge in [0.05, 0.1) is 21.5 Å². The van der Waals surface area contributed by atoms with E-state index in [1.54, 1.807) is 30.1 Å². The average molecular weight is 603 g/mol. The lowest BCUT2D eigenvalue weighted by molar-refractivity contribution is -0.143. The minimum Gasteiger partial charge on any atom is -0.342 e. The normalized spacial score (nSPS) is 22.5. The Morgan fingerprint density at radius 1 is 0.951 bits per heavy atom. The summed E-state index contributed by atoms with van der Waals surface area (Å²) in [6.45, 7) is 7.74. The van der Waals surface area contributed by atoms with Crippen LogP contribution in [0.5, 0.6) is 0 Å². The van der Waals surface area contributed by atoms with Gasteiger partial charge in [-0.15, -0.1) is 0 Å². The molecule has 2 aliphatic heterocycles. The third kappa shape index (κ3) is 5.85. The highest BCUT2D eigenvalue weighted by atomic mass is 35.5. The molecule has 2 saturated heterocycles. The monoisotopic (exact) mass is 601 g/mol. The van der Waals surface area contributed by atoms with Crippen LogP contribution in [0.15, 0.2) is 42.5 Å². The summed E-state index contributed by atoms with van der Waals surface area (Å²) >= 11 is 12.6. The van der Waals surface area contributed by atoms with Gasteiger partial charge in [-0.2, -0.15) is 0 Å². The predicted octanol–water partition coefficient (Wildman–Crippen LogP) is 5.90. The maximum Gasteiger partial charge on any atom is 0.232 e. The number of amides is 3. The van der Waals surface area contributed by atoms with Gasteiger partial charge in [0.2, 0.25) is 17.7 Å². The van der Waals surface area contributed by atoms with Crippen molar-refractivity contribution in [2.45, 2.75) is 63.8 Å². The Labute approximate surface area is 251 Å². The molecule has 9 heteroatoms. The lowest BCUT2D eigenvalue weighted by atomic mass is 9.82.